The van der Waals surface area contributed by atoms with Gasteiger partial charge in [-0.3, -0.25) is 4.90 Å². The molecule has 2 atom stereocenters. The van der Waals surface area contributed by atoms with Crippen molar-refractivity contribution in [2.45, 2.75) is 49.9 Å². The third-order valence-electron chi connectivity index (χ3n) is 9.86. The number of nitrogen functional groups attached to an aromatic ring is 1. The third-order valence-corrected chi connectivity index (χ3v) is 11.2. The Morgan fingerprint density at radius 1 is 1.17 bits per heavy atom. The number of fused-ring (bicyclic) bond motifs is 2. The van der Waals surface area contributed by atoms with Gasteiger partial charge >= 0.3 is 6.01 Å². The standard InChI is InChI=1S/C32H30ClF3N6O3S/c33-24-22(18-2-3-20(35)28-21(18)19(13-37)29(38)46-28)25(36)26-23-27(24)44-11-8-42(17-4-9-43-10-5-17)30(23)40-31(39-26)45-15-32-6-1-7-41(32)14-16(34)12-32/h2-3,16-17H,1,4-12,14-15,38H2/t16-,32+/m1/s1. The first-order chi connectivity index (χ1) is 22.3. The summed E-state index contributed by atoms with van der Waals surface area (Å²) >= 11 is 7.92. The van der Waals surface area contributed by atoms with Gasteiger partial charge in [-0.05, 0) is 43.9 Å². The van der Waals surface area contributed by atoms with Crippen molar-refractivity contribution in [1.82, 2.24) is 14.9 Å². The highest BCUT2D eigenvalue weighted by Gasteiger charge is 2.49. The summed E-state index contributed by atoms with van der Waals surface area (Å²) in [5, 5.41) is 10.5. The van der Waals surface area contributed by atoms with Gasteiger partial charge < -0.3 is 24.8 Å². The van der Waals surface area contributed by atoms with Gasteiger partial charge in [0, 0.05) is 43.2 Å². The summed E-state index contributed by atoms with van der Waals surface area (Å²) in [5.41, 5.74) is 5.69. The van der Waals surface area contributed by atoms with Crippen LogP contribution in [-0.4, -0.2) is 78.7 Å². The Bertz CT molecular complexity index is 1930. The summed E-state index contributed by atoms with van der Waals surface area (Å²) in [6.07, 6.45) is 2.64. The van der Waals surface area contributed by atoms with Crippen LogP contribution >= 0.6 is 22.9 Å². The van der Waals surface area contributed by atoms with Gasteiger partial charge in [0.2, 0.25) is 0 Å². The van der Waals surface area contributed by atoms with Crippen LogP contribution in [0, 0.1) is 23.0 Å². The third kappa shape index (κ3) is 4.56. The van der Waals surface area contributed by atoms with E-state index in [1.807, 2.05) is 6.07 Å². The van der Waals surface area contributed by atoms with Crippen molar-refractivity contribution in [2.75, 3.05) is 56.7 Å². The Morgan fingerprint density at radius 2 is 2.00 bits per heavy atom. The summed E-state index contributed by atoms with van der Waals surface area (Å²) < 4.78 is 64.8. The van der Waals surface area contributed by atoms with Crippen molar-refractivity contribution in [3.05, 3.63) is 34.4 Å². The van der Waals surface area contributed by atoms with Crippen LogP contribution < -0.4 is 20.1 Å². The average molecular weight is 671 g/mol. The van der Waals surface area contributed by atoms with Gasteiger partial charge in [0.05, 0.1) is 32.8 Å². The largest absolute Gasteiger partial charge is 0.489 e. The lowest BCUT2D eigenvalue weighted by Crippen LogP contribution is -2.44. The van der Waals surface area contributed by atoms with E-state index < -0.39 is 23.3 Å². The first-order valence-electron chi connectivity index (χ1n) is 15.4. The van der Waals surface area contributed by atoms with E-state index in [-0.39, 0.29) is 73.3 Å². The molecule has 240 valence electrons. The zero-order valence-electron chi connectivity index (χ0n) is 24.8. The second kappa shape index (κ2) is 11.3. The number of rotatable bonds is 5. The summed E-state index contributed by atoms with van der Waals surface area (Å²) in [5.74, 6) is -0.746. The summed E-state index contributed by atoms with van der Waals surface area (Å²) in [6, 6.07) is 4.63. The lowest BCUT2D eigenvalue weighted by Gasteiger charge is -2.35. The zero-order chi connectivity index (χ0) is 31.7. The number of hydrogen-bond acceptors (Lipinski definition) is 10. The van der Waals surface area contributed by atoms with Gasteiger partial charge in [0.15, 0.2) is 11.6 Å². The molecule has 3 fully saturated rings. The van der Waals surface area contributed by atoms with Crippen LogP contribution in [0.15, 0.2) is 12.1 Å². The fourth-order valence-electron chi connectivity index (χ4n) is 7.74. The number of nitriles is 1. The van der Waals surface area contributed by atoms with Gasteiger partial charge in [0.1, 0.15) is 47.6 Å². The van der Waals surface area contributed by atoms with E-state index in [4.69, 9.17) is 36.5 Å². The SMILES string of the molecule is N#Cc1c(N)sc2c(F)ccc(-c3c(Cl)c4c5c(nc(OC[C@@]67CCCN6C[C@H](F)C7)nc5c3F)N(C3CCOCC3)CCO4)c12. The second-order valence-electron chi connectivity index (χ2n) is 12.4. The molecule has 0 saturated carbocycles. The maximum Gasteiger partial charge on any atom is 0.319 e. The van der Waals surface area contributed by atoms with Crippen LogP contribution in [-0.2, 0) is 4.74 Å². The lowest BCUT2D eigenvalue weighted by molar-refractivity contribution is 0.0837. The van der Waals surface area contributed by atoms with Crippen molar-refractivity contribution in [2.24, 2.45) is 0 Å². The van der Waals surface area contributed by atoms with E-state index in [2.05, 4.69) is 14.8 Å². The van der Waals surface area contributed by atoms with Crippen molar-refractivity contribution in [1.29, 1.82) is 5.26 Å². The Hall–Kier alpha value is -3.57. The number of ether oxygens (including phenoxy) is 3. The monoisotopic (exact) mass is 670 g/mol. The van der Waals surface area contributed by atoms with Gasteiger partial charge in [0.25, 0.3) is 0 Å². The van der Waals surface area contributed by atoms with E-state index in [9.17, 15) is 14.0 Å². The molecule has 8 rings (SSSR count). The Labute approximate surface area is 271 Å². The molecule has 0 aliphatic carbocycles. The Morgan fingerprint density at radius 3 is 2.80 bits per heavy atom. The van der Waals surface area contributed by atoms with E-state index in [0.29, 0.717) is 43.9 Å². The van der Waals surface area contributed by atoms with E-state index >= 15 is 4.39 Å². The molecule has 6 heterocycles. The van der Waals surface area contributed by atoms with Crippen molar-refractivity contribution in [3.8, 4) is 29.0 Å². The molecule has 4 aliphatic rings. The molecule has 3 saturated heterocycles. The first-order valence-corrected chi connectivity index (χ1v) is 16.6. The van der Waals surface area contributed by atoms with Gasteiger partial charge in [-0.1, -0.05) is 17.7 Å². The molecule has 46 heavy (non-hydrogen) atoms. The minimum absolute atomic E-state index is 0.0372. The highest BCUT2D eigenvalue weighted by Crippen LogP contribution is 2.51. The van der Waals surface area contributed by atoms with E-state index in [1.54, 1.807) is 0 Å². The minimum Gasteiger partial charge on any atom is -0.489 e. The predicted molar refractivity (Wildman–Crippen MR) is 170 cm³/mol. The first kappa shape index (κ1) is 29.8. The number of benzene rings is 2. The number of nitrogens with zero attached hydrogens (tertiary/aromatic N) is 5. The molecule has 2 aromatic carbocycles. The van der Waals surface area contributed by atoms with Crippen molar-refractivity contribution < 1.29 is 27.4 Å². The molecule has 0 amide bonds. The minimum atomic E-state index is -0.936. The van der Waals surface area contributed by atoms with Crippen molar-refractivity contribution in [3.63, 3.8) is 0 Å². The summed E-state index contributed by atoms with van der Waals surface area (Å²) in [4.78, 5) is 13.6. The van der Waals surface area contributed by atoms with E-state index in [1.165, 1.54) is 12.1 Å². The molecule has 0 bridgehead atoms. The molecule has 2 aromatic heterocycles. The molecular weight excluding hydrogens is 641 g/mol. The topological polar surface area (TPSA) is 110 Å². The smallest absolute Gasteiger partial charge is 0.319 e. The van der Waals surface area contributed by atoms with Crippen LogP contribution in [0.2, 0.25) is 5.02 Å². The van der Waals surface area contributed by atoms with Crippen LogP contribution in [0.1, 0.15) is 37.7 Å². The second-order valence-corrected chi connectivity index (χ2v) is 13.8. The van der Waals surface area contributed by atoms with Crippen LogP contribution in [0.4, 0.5) is 24.0 Å². The average Bonchev–Trinajstić information content (AvgIpc) is 3.65. The molecule has 0 spiro atoms. The highest BCUT2D eigenvalue weighted by molar-refractivity contribution is 7.23. The van der Waals surface area contributed by atoms with Gasteiger partial charge in [-0.15, -0.1) is 11.3 Å². The molecule has 0 unspecified atom stereocenters. The summed E-state index contributed by atoms with van der Waals surface area (Å²) in [7, 11) is 0. The van der Waals surface area contributed by atoms with Gasteiger partial charge in [-0.2, -0.15) is 15.2 Å². The molecule has 2 N–H and O–H groups in total. The Kier molecular flexibility index (Phi) is 7.32. The normalized spacial score (nSPS) is 23.5. The fraction of sp³-hybridized carbons (Fsp3) is 0.469. The predicted octanol–water partition coefficient (Wildman–Crippen LogP) is 6.23. The van der Waals surface area contributed by atoms with Crippen LogP contribution in [0.25, 0.3) is 32.1 Å². The lowest BCUT2D eigenvalue weighted by atomic mass is 9.95. The number of alkyl halides is 1. The molecule has 4 aromatic rings. The number of hydrogen-bond donors (Lipinski definition) is 1. The van der Waals surface area contributed by atoms with Gasteiger partial charge in [-0.25, -0.2) is 13.2 Å². The number of aromatic nitrogens is 2. The van der Waals surface area contributed by atoms with E-state index in [0.717, 1.165) is 43.6 Å². The maximum absolute atomic E-state index is 17.1. The molecular formula is C32H30ClF3N6O3S. The molecule has 9 nitrogen and oxygen atoms in total. The fourth-order valence-corrected chi connectivity index (χ4v) is 9.02. The molecule has 4 aliphatic heterocycles. The van der Waals surface area contributed by atoms with Crippen molar-refractivity contribution >= 4 is 54.7 Å². The quantitative estimate of drug-likeness (QED) is 0.264. The summed E-state index contributed by atoms with van der Waals surface area (Å²) in [6.45, 7) is 3.16. The number of anilines is 2. The molecule has 0 radical (unpaired) electrons. The van der Waals surface area contributed by atoms with Crippen LogP contribution in [0.3, 0.4) is 0 Å². The highest BCUT2D eigenvalue weighted by atomic mass is 35.5. The number of nitrogens with two attached hydrogens (primary N) is 1. The number of halogens is 4. The number of thiophene rings is 1. The van der Waals surface area contributed by atoms with Crippen LogP contribution in [0.5, 0.6) is 11.8 Å². The molecule has 14 heteroatoms. The Balaban J connectivity index is 1.34. The maximum atomic E-state index is 17.1. The zero-order valence-corrected chi connectivity index (χ0v) is 26.3.